The van der Waals surface area contributed by atoms with E-state index in [9.17, 15) is 28.4 Å². The first-order valence-electron chi connectivity index (χ1n) is 11.8. The van der Waals surface area contributed by atoms with Gasteiger partial charge in [-0.25, -0.2) is 4.39 Å². The molecule has 0 fully saturated rings. The van der Waals surface area contributed by atoms with Crippen molar-refractivity contribution in [2.24, 2.45) is 5.92 Å². The molecule has 0 radical (unpaired) electrons. The van der Waals surface area contributed by atoms with Crippen LogP contribution in [0.2, 0.25) is 0 Å². The van der Waals surface area contributed by atoms with Gasteiger partial charge in [0.05, 0.1) is 5.69 Å². The standard InChI is InChI=1S/C25H32BrFN4O5/c1-15(2)23(30-20(32)7-5-4-6-12-31-21(33)10-11-22(31)34)25(36)28-16(3)24(35)29-19-9-8-17(14-26)13-18(19)27/h8-11,13,15-16,23H,4-7,12,14H2,1-3H3,(H,28,36)(H,29,35)(H,30,32)/t16-,23-/m0/s1. The molecule has 2 rings (SSSR count). The second-order valence-corrected chi connectivity index (χ2v) is 9.49. The average molecular weight is 567 g/mol. The Morgan fingerprint density at radius 3 is 2.22 bits per heavy atom. The summed E-state index contributed by atoms with van der Waals surface area (Å²) in [6.07, 6.45) is 4.38. The van der Waals surface area contributed by atoms with Crippen LogP contribution >= 0.6 is 15.9 Å². The third kappa shape index (κ3) is 8.54. The van der Waals surface area contributed by atoms with Gasteiger partial charge in [-0.1, -0.05) is 42.3 Å². The van der Waals surface area contributed by atoms with E-state index in [0.717, 1.165) is 10.5 Å². The van der Waals surface area contributed by atoms with Gasteiger partial charge in [0.25, 0.3) is 11.8 Å². The van der Waals surface area contributed by atoms with Crippen molar-refractivity contribution in [2.45, 2.75) is 63.9 Å². The van der Waals surface area contributed by atoms with Crippen molar-refractivity contribution in [2.75, 3.05) is 11.9 Å². The van der Waals surface area contributed by atoms with Crippen molar-refractivity contribution in [1.29, 1.82) is 0 Å². The Balaban J connectivity index is 1.78. The number of benzene rings is 1. The molecular formula is C25H32BrFN4O5. The summed E-state index contributed by atoms with van der Waals surface area (Å²) in [5.74, 6) is -2.90. The molecule has 1 aromatic carbocycles. The van der Waals surface area contributed by atoms with E-state index in [2.05, 4.69) is 31.9 Å². The van der Waals surface area contributed by atoms with Crippen molar-refractivity contribution in [3.63, 3.8) is 0 Å². The van der Waals surface area contributed by atoms with Gasteiger partial charge in [-0.3, -0.25) is 28.9 Å². The summed E-state index contributed by atoms with van der Waals surface area (Å²) in [5.41, 5.74) is 0.727. The van der Waals surface area contributed by atoms with Crippen molar-refractivity contribution in [1.82, 2.24) is 15.5 Å². The van der Waals surface area contributed by atoms with Crippen molar-refractivity contribution < 1.29 is 28.4 Å². The highest BCUT2D eigenvalue weighted by molar-refractivity contribution is 9.08. The van der Waals surface area contributed by atoms with E-state index in [1.54, 1.807) is 19.9 Å². The Labute approximate surface area is 218 Å². The molecule has 1 aliphatic rings. The number of unbranched alkanes of at least 4 members (excludes halogenated alkanes) is 2. The van der Waals surface area contributed by atoms with Gasteiger partial charge in [0.1, 0.15) is 17.9 Å². The van der Waals surface area contributed by atoms with E-state index >= 15 is 0 Å². The van der Waals surface area contributed by atoms with Gasteiger partial charge in [0.15, 0.2) is 0 Å². The lowest BCUT2D eigenvalue weighted by Crippen LogP contribution is -2.53. The third-order valence-corrected chi connectivity index (χ3v) is 6.30. The van der Waals surface area contributed by atoms with Crippen LogP contribution in [-0.2, 0) is 29.3 Å². The number of carbonyl (C=O) groups is 5. The maximum atomic E-state index is 14.2. The number of alkyl halides is 1. The van der Waals surface area contributed by atoms with Crippen LogP contribution in [0.4, 0.5) is 10.1 Å². The number of imide groups is 1. The van der Waals surface area contributed by atoms with Crippen LogP contribution in [0.25, 0.3) is 0 Å². The SMILES string of the molecule is CC(C)[C@H](NC(=O)CCCCCN1C(=O)C=CC1=O)C(=O)N[C@@H](C)C(=O)Nc1ccc(CBr)cc1F. The number of amides is 5. The highest BCUT2D eigenvalue weighted by atomic mass is 79.9. The molecule has 196 valence electrons. The minimum absolute atomic E-state index is 0.00855. The summed E-state index contributed by atoms with van der Waals surface area (Å²) in [5, 5.41) is 8.21. The van der Waals surface area contributed by atoms with Crippen molar-refractivity contribution >= 4 is 51.2 Å². The summed E-state index contributed by atoms with van der Waals surface area (Å²) >= 11 is 3.24. The van der Waals surface area contributed by atoms with E-state index in [0.29, 0.717) is 31.1 Å². The summed E-state index contributed by atoms with van der Waals surface area (Å²) in [6.45, 7) is 5.32. The fourth-order valence-electron chi connectivity index (χ4n) is 3.52. The smallest absolute Gasteiger partial charge is 0.253 e. The quantitative estimate of drug-likeness (QED) is 0.192. The number of hydrogen-bond donors (Lipinski definition) is 3. The van der Waals surface area contributed by atoms with Gasteiger partial charge in [0.2, 0.25) is 17.7 Å². The molecule has 0 saturated carbocycles. The second-order valence-electron chi connectivity index (χ2n) is 8.93. The predicted molar refractivity (Wildman–Crippen MR) is 136 cm³/mol. The van der Waals surface area contributed by atoms with Crippen LogP contribution < -0.4 is 16.0 Å². The topological polar surface area (TPSA) is 125 Å². The number of halogens is 2. The predicted octanol–water partition coefficient (Wildman–Crippen LogP) is 2.79. The molecule has 0 aliphatic carbocycles. The minimum Gasteiger partial charge on any atom is -0.344 e. The third-order valence-electron chi connectivity index (χ3n) is 5.65. The second kappa shape index (κ2) is 13.9. The lowest BCUT2D eigenvalue weighted by molar-refractivity contribution is -0.137. The maximum absolute atomic E-state index is 14.2. The molecule has 0 saturated heterocycles. The van der Waals surface area contributed by atoms with E-state index < -0.39 is 29.7 Å². The molecule has 5 amide bonds. The molecule has 36 heavy (non-hydrogen) atoms. The average Bonchev–Trinajstić information content (AvgIpc) is 3.15. The molecule has 1 aliphatic heterocycles. The summed E-state index contributed by atoms with van der Waals surface area (Å²) in [6, 6.07) is 2.61. The zero-order chi connectivity index (χ0) is 26.8. The Morgan fingerprint density at radius 1 is 0.972 bits per heavy atom. The van der Waals surface area contributed by atoms with Crippen LogP contribution in [0.3, 0.4) is 0 Å². The molecule has 2 atom stereocenters. The molecule has 9 nitrogen and oxygen atoms in total. The Bertz CT molecular complexity index is 1010. The van der Waals surface area contributed by atoms with Crippen molar-refractivity contribution in [3.8, 4) is 0 Å². The van der Waals surface area contributed by atoms with E-state index in [-0.39, 0.29) is 35.7 Å². The number of hydrogen-bond acceptors (Lipinski definition) is 5. The first kappa shape index (κ1) is 29.2. The van der Waals surface area contributed by atoms with Crippen molar-refractivity contribution in [3.05, 3.63) is 41.7 Å². The monoisotopic (exact) mass is 566 g/mol. The van der Waals surface area contributed by atoms with Crippen LogP contribution in [0, 0.1) is 11.7 Å². The largest absolute Gasteiger partial charge is 0.344 e. The van der Waals surface area contributed by atoms with Crippen LogP contribution in [0.15, 0.2) is 30.4 Å². The molecule has 1 heterocycles. The fraction of sp³-hybridized carbons (Fsp3) is 0.480. The van der Waals surface area contributed by atoms with Gasteiger partial charge < -0.3 is 16.0 Å². The van der Waals surface area contributed by atoms with Gasteiger partial charge in [-0.05, 0) is 43.4 Å². The van der Waals surface area contributed by atoms with Crippen LogP contribution in [-0.4, -0.2) is 53.1 Å². The molecule has 1 aromatic rings. The van der Waals surface area contributed by atoms with Crippen LogP contribution in [0.5, 0.6) is 0 Å². The van der Waals surface area contributed by atoms with Gasteiger partial charge in [-0.2, -0.15) is 0 Å². The molecular weight excluding hydrogens is 535 g/mol. The van der Waals surface area contributed by atoms with Gasteiger partial charge >= 0.3 is 0 Å². The highest BCUT2D eigenvalue weighted by Crippen LogP contribution is 2.18. The summed E-state index contributed by atoms with van der Waals surface area (Å²) in [7, 11) is 0. The number of nitrogens with one attached hydrogen (secondary N) is 3. The lowest BCUT2D eigenvalue weighted by Gasteiger charge is -2.24. The molecule has 11 heteroatoms. The first-order chi connectivity index (χ1) is 17.0. The van der Waals surface area contributed by atoms with Crippen LogP contribution in [0.1, 0.15) is 52.0 Å². The zero-order valence-electron chi connectivity index (χ0n) is 20.6. The fourth-order valence-corrected chi connectivity index (χ4v) is 3.87. The Hall–Kier alpha value is -3.08. The minimum atomic E-state index is -0.962. The maximum Gasteiger partial charge on any atom is 0.253 e. The Kier molecular flexibility index (Phi) is 11.2. The van der Waals surface area contributed by atoms with Gasteiger partial charge in [0, 0.05) is 30.4 Å². The van der Waals surface area contributed by atoms with E-state index in [1.165, 1.54) is 31.2 Å². The van der Waals surface area contributed by atoms with Gasteiger partial charge in [-0.15, -0.1) is 0 Å². The Morgan fingerprint density at radius 2 is 1.64 bits per heavy atom. The molecule has 0 bridgehead atoms. The number of carbonyl (C=O) groups excluding carboxylic acids is 5. The van der Waals surface area contributed by atoms with E-state index in [1.807, 2.05) is 0 Å². The number of anilines is 1. The summed E-state index contributed by atoms with van der Waals surface area (Å²) < 4.78 is 14.2. The lowest BCUT2D eigenvalue weighted by atomic mass is 10.0. The molecule has 0 unspecified atom stereocenters. The first-order valence-corrected chi connectivity index (χ1v) is 12.9. The highest BCUT2D eigenvalue weighted by Gasteiger charge is 2.27. The van der Waals surface area contributed by atoms with E-state index in [4.69, 9.17) is 0 Å². The molecule has 0 aromatic heterocycles. The molecule has 0 spiro atoms. The molecule has 3 N–H and O–H groups in total. The number of nitrogens with zero attached hydrogens (tertiary/aromatic N) is 1. The number of rotatable bonds is 13. The summed E-state index contributed by atoms with van der Waals surface area (Å²) in [4.78, 5) is 61.8. The zero-order valence-corrected chi connectivity index (χ0v) is 22.2. The normalized spacial score (nSPS) is 14.7.